The summed E-state index contributed by atoms with van der Waals surface area (Å²) in [5.41, 5.74) is 0. The molecule has 1 rings (SSSR count). The van der Waals surface area contributed by atoms with Crippen LogP contribution in [-0.2, 0) is 23.8 Å². The Kier molecular flexibility index (Phi) is 48.5. The molecule has 6 N–H and O–H groups in total. The first kappa shape index (κ1) is 70.1. The second-order valence-corrected chi connectivity index (χ2v) is 21.1. The van der Waals surface area contributed by atoms with Crippen LogP contribution in [0.25, 0.3) is 0 Å². The average Bonchev–Trinajstić information content (AvgIpc) is 3.41. The highest BCUT2D eigenvalue weighted by molar-refractivity contribution is 5.80. The number of aliphatic hydroxyl groups excluding tert-OH is 5. The molecule has 11 nitrogen and oxygen atoms in total. The van der Waals surface area contributed by atoms with Crippen molar-refractivity contribution in [2.45, 2.75) is 307 Å². The van der Waals surface area contributed by atoms with Gasteiger partial charge in [-0.25, -0.2) is 0 Å². The van der Waals surface area contributed by atoms with Crippen molar-refractivity contribution in [2.24, 2.45) is 0 Å². The van der Waals surface area contributed by atoms with Crippen LogP contribution in [0.4, 0.5) is 0 Å². The molecular formula is C64H113NO10. The van der Waals surface area contributed by atoms with Crippen molar-refractivity contribution < 1.29 is 49.3 Å². The molecule has 0 saturated carbocycles. The maximum atomic E-state index is 13.4. The fourth-order valence-electron chi connectivity index (χ4n) is 9.16. The minimum absolute atomic E-state index is 0.111. The van der Waals surface area contributed by atoms with E-state index in [1.165, 1.54) is 109 Å². The van der Waals surface area contributed by atoms with Crippen molar-refractivity contribution >= 4 is 11.9 Å². The molecule has 434 valence electrons. The van der Waals surface area contributed by atoms with Crippen LogP contribution < -0.4 is 5.32 Å². The number of rotatable bonds is 51. The topological polar surface area (TPSA) is 175 Å². The van der Waals surface area contributed by atoms with E-state index in [1.807, 2.05) is 6.08 Å². The molecule has 1 aliphatic heterocycles. The predicted octanol–water partition coefficient (Wildman–Crippen LogP) is 14.4. The first-order valence-electron chi connectivity index (χ1n) is 30.7. The van der Waals surface area contributed by atoms with Gasteiger partial charge < -0.3 is 45.1 Å². The zero-order valence-electron chi connectivity index (χ0n) is 47.9. The molecule has 0 aromatic heterocycles. The average molecular weight is 1060 g/mol. The van der Waals surface area contributed by atoms with Gasteiger partial charge >= 0.3 is 5.97 Å². The summed E-state index contributed by atoms with van der Waals surface area (Å²) in [5, 5.41) is 56.9. The van der Waals surface area contributed by atoms with Crippen LogP contribution in [0.1, 0.15) is 258 Å². The summed E-state index contributed by atoms with van der Waals surface area (Å²) in [6, 6.07) is -1.03. The Bertz CT molecular complexity index is 1490. The van der Waals surface area contributed by atoms with Gasteiger partial charge in [0.2, 0.25) is 5.91 Å². The summed E-state index contributed by atoms with van der Waals surface area (Å²) in [6.45, 7) is 5.71. The Hall–Kier alpha value is -2.90. The lowest BCUT2D eigenvalue weighted by Gasteiger charge is -2.41. The molecule has 1 fully saturated rings. The van der Waals surface area contributed by atoms with Crippen molar-refractivity contribution in [2.75, 3.05) is 13.2 Å². The summed E-state index contributed by atoms with van der Waals surface area (Å²) in [7, 11) is 0. The molecule has 1 aliphatic rings. The van der Waals surface area contributed by atoms with Crippen molar-refractivity contribution in [3.05, 3.63) is 72.9 Å². The molecule has 8 atom stereocenters. The maximum absolute atomic E-state index is 13.4. The Labute approximate surface area is 458 Å². The van der Waals surface area contributed by atoms with E-state index in [0.717, 1.165) is 103 Å². The largest absolute Gasteiger partial charge is 0.454 e. The van der Waals surface area contributed by atoms with E-state index in [0.29, 0.717) is 12.8 Å². The molecule has 1 saturated heterocycles. The van der Waals surface area contributed by atoms with Crippen LogP contribution >= 0.6 is 0 Å². The molecule has 75 heavy (non-hydrogen) atoms. The second kappa shape index (κ2) is 51.8. The molecular weight excluding hydrogens is 943 g/mol. The number of nitrogens with one attached hydrogen (secondary N) is 1. The molecule has 11 heteroatoms. The Morgan fingerprint density at radius 1 is 0.520 bits per heavy atom. The second-order valence-electron chi connectivity index (χ2n) is 21.1. The number of unbranched alkanes of at least 4 members (excludes halogenated alkanes) is 27. The number of hydrogen-bond donors (Lipinski definition) is 6. The highest BCUT2D eigenvalue weighted by atomic mass is 16.7. The predicted molar refractivity (Wildman–Crippen MR) is 310 cm³/mol. The van der Waals surface area contributed by atoms with Gasteiger partial charge in [-0.3, -0.25) is 9.59 Å². The molecule has 1 heterocycles. The molecule has 0 aliphatic carbocycles. The number of hydrogen-bond acceptors (Lipinski definition) is 10. The molecule has 8 unspecified atom stereocenters. The van der Waals surface area contributed by atoms with Crippen LogP contribution in [0, 0.1) is 0 Å². The Morgan fingerprint density at radius 3 is 1.40 bits per heavy atom. The summed E-state index contributed by atoms with van der Waals surface area (Å²) >= 11 is 0. The van der Waals surface area contributed by atoms with E-state index in [2.05, 4.69) is 86.8 Å². The maximum Gasteiger partial charge on any atom is 0.306 e. The van der Waals surface area contributed by atoms with Gasteiger partial charge in [0.15, 0.2) is 12.4 Å². The van der Waals surface area contributed by atoms with Gasteiger partial charge in [0.05, 0.1) is 25.4 Å². The van der Waals surface area contributed by atoms with Crippen molar-refractivity contribution in [3.8, 4) is 0 Å². The molecule has 0 bridgehead atoms. The summed E-state index contributed by atoms with van der Waals surface area (Å²) < 4.78 is 17.6. The van der Waals surface area contributed by atoms with Gasteiger partial charge in [0.1, 0.15) is 24.4 Å². The first-order valence-corrected chi connectivity index (χ1v) is 30.7. The van der Waals surface area contributed by atoms with Gasteiger partial charge in [-0.1, -0.05) is 229 Å². The smallest absolute Gasteiger partial charge is 0.306 e. The highest BCUT2D eigenvalue weighted by Crippen LogP contribution is 2.26. The fraction of sp³-hybridized carbons (Fsp3) is 0.781. The highest BCUT2D eigenvalue weighted by Gasteiger charge is 2.47. The summed E-state index contributed by atoms with van der Waals surface area (Å²) in [4.78, 5) is 26.5. The van der Waals surface area contributed by atoms with E-state index in [1.54, 1.807) is 6.08 Å². The van der Waals surface area contributed by atoms with Crippen molar-refractivity contribution in [1.29, 1.82) is 0 Å². The lowest BCUT2D eigenvalue weighted by atomic mass is 9.99. The number of ether oxygens (including phenoxy) is 3. The minimum atomic E-state index is -1.62. The van der Waals surface area contributed by atoms with Crippen LogP contribution in [0.3, 0.4) is 0 Å². The molecule has 0 spiro atoms. The van der Waals surface area contributed by atoms with E-state index in [9.17, 15) is 35.1 Å². The number of esters is 1. The minimum Gasteiger partial charge on any atom is -0.454 e. The van der Waals surface area contributed by atoms with Crippen LogP contribution in [0.15, 0.2) is 72.9 Å². The first-order chi connectivity index (χ1) is 36.7. The van der Waals surface area contributed by atoms with E-state index in [-0.39, 0.29) is 19.4 Å². The van der Waals surface area contributed by atoms with Gasteiger partial charge in [-0.05, 0) is 96.3 Å². The number of amides is 1. The van der Waals surface area contributed by atoms with Gasteiger partial charge in [-0.15, -0.1) is 0 Å². The van der Waals surface area contributed by atoms with Crippen LogP contribution in [-0.4, -0.2) is 99.6 Å². The van der Waals surface area contributed by atoms with E-state index in [4.69, 9.17) is 14.2 Å². The third-order valence-corrected chi connectivity index (χ3v) is 14.1. The molecule has 0 aromatic carbocycles. The molecule has 0 radical (unpaired) electrons. The summed E-state index contributed by atoms with van der Waals surface area (Å²) in [6.07, 6.45) is 55.0. The van der Waals surface area contributed by atoms with Crippen LogP contribution in [0.5, 0.6) is 0 Å². The quantitative estimate of drug-likeness (QED) is 0.0195. The van der Waals surface area contributed by atoms with Gasteiger partial charge in [0, 0.05) is 6.42 Å². The number of allylic oxidation sites excluding steroid dienone is 11. The number of carbonyl (C=O) groups is 2. The van der Waals surface area contributed by atoms with Gasteiger partial charge in [0.25, 0.3) is 0 Å². The van der Waals surface area contributed by atoms with E-state index >= 15 is 0 Å². The monoisotopic (exact) mass is 1060 g/mol. The zero-order chi connectivity index (χ0) is 54.7. The summed E-state index contributed by atoms with van der Waals surface area (Å²) in [5.74, 6) is -1.22. The lowest BCUT2D eigenvalue weighted by Crippen LogP contribution is -2.61. The van der Waals surface area contributed by atoms with Crippen LogP contribution in [0.2, 0.25) is 0 Å². The third-order valence-electron chi connectivity index (χ3n) is 14.1. The normalized spacial score (nSPS) is 19.7. The molecule has 0 aromatic rings. The Morgan fingerprint density at radius 2 is 0.920 bits per heavy atom. The van der Waals surface area contributed by atoms with Gasteiger partial charge in [-0.2, -0.15) is 0 Å². The number of aliphatic hydroxyl groups is 5. The fourth-order valence-corrected chi connectivity index (χ4v) is 9.16. The molecule has 1 amide bonds. The lowest BCUT2D eigenvalue weighted by molar-refractivity contribution is -0.305. The third kappa shape index (κ3) is 40.0. The van der Waals surface area contributed by atoms with Crippen molar-refractivity contribution in [1.82, 2.24) is 5.32 Å². The van der Waals surface area contributed by atoms with Crippen molar-refractivity contribution in [3.63, 3.8) is 0 Å². The number of carbonyl (C=O) groups excluding carboxylic acids is 2. The zero-order valence-corrected chi connectivity index (χ0v) is 47.9. The SMILES string of the molecule is CCCCC/C=C\C/C=C\C/C=C\CCCCCCCC(O)C(=O)NC(COC1OC(CO)C(O)C(O)C1OC(=O)CCCCCCCCC/C=C\C/C=C\CCCCC)C(O)/C=C/CCCCCCCCCCC. The van der Waals surface area contributed by atoms with E-state index < -0.39 is 67.4 Å². The standard InChI is InChI=1S/C64H113NO10/c1-4-7-10-13-16-19-22-24-26-28-30-31-33-36-39-42-45-48-51-57(68)63(72)65-55(56(67)50-47-44-41-38-35-21-18-15-12-9-6-3)54-73-64-62(61(71)60(70)58(53-66)74-64)75-59(69)52-49-46-43-40-37-34-32-29-27-25-23-20-17-14-11-8-5-2/h16-17,19-20,24-27,30-31,47,50,55-58,60-62,64,66-68,70-71H,4-15,18,21-23,28-29,32-46,48-49,51-54H2,1-3H3,(H,65,72)/b19-16-,20-17-,26-24-,27-25-,31-30-,50-47+. The Balaban J connectivity index is 2.69.